The van der Waals surface area contributed by atoms with Gasteiger partial charge in [0.15, 0.2) is 0 Å². The Balaban J connectivity index is 2.65. The standard InChI is InChI=1S/C4H3F3N2O/c5-2-1-8-9-3(2)10-4(6)7/h1,4H,(H,8,9). The Morgan fingerprint density at radius 3 is 2.70 bits per heavy atom. The topological polar surface area (TPSA) is 37.9 Å². The van der Waals surface area contributed by atoms with E-state index in [4.69, 9.17) is 0 Å². The number of aromatic nitrogens is 2. The number of rotatable bonds is 2. The molecule has 6 heteroatoms. The summed E-state index contributed by atoms with van der Waals surface area (Å²) in [5.41, 5.74) is 0. The first-order valence-electron chi connectivity index (χ1n) is 2.34. The maximum absolute atomic E-state index is 12.2. The van der Waals surface area contributed by atoms with E-state index < -0.39 is 18.3 Å². The average Bonchev–Trinajstić information content (AvgIpc) is 2.15. The van der Waals surface area contributed by atoms with E-state index >= 15 is 0 Å². The fourth-order valence-corrected chi connectivity index (χ4v) is 0.430. The molecule has 0 saturated heterocycles. The fraction of sp³-hybridized carbons (Fsp3) is 0.250. The zero-order valence-electron chi connectivity index (χ0n) is 4.64. The predicted molar refractivity (Wildman–Crippen MR) is 25.2 cm³/mol. The Labute approximate surface area is 53.8 Å². The molecule has 3 nitrogen and oxygen atoms in total. The second kappa shape index (κ2) is 2.59. The van der Waals surface area contributed by atoms with Crippen LogP contribution in [0.1, 0.15) is 0 Å². The van der Waals surface area contributed by atoms with Crippen LogP contribution in [0, 0.1) is 5.82 Å². The van der Waals surface area contributed by atoms with Crippen LogP contribution in [0.3, 0.4) is 0 Å². The summed E-state index contributed by atoms with van der Waals surface area (Å²) in [4.78, 5) is 0. The molecule has 1 rings (SSSR count). The summed E-state index contributed by atoms with van der Waals surface area (Å²) in [6.07, 6.45) is 0.817. The lowest BCUT2D eigenvalue weighted by Crippen LogP contribution is -2.03. The molecule has 0 aliphatic rings. The number of aromatic amines is 1. The number of ether oxygens (including phenoxy) is 1. The quantitative estimate of drug-likeness (QED) is 0.690. The van der Waals surface area contributed by atoms with Crippen LogP contribution in [0.2, 0.25) is 0 Å². The molecule has 0 atom stereocenters. The third-order valence-corrected chi connectivity index (χ3v) is 0.762. The summed E-state index contributed by atoms with van der Waals surface area (Å²) in [7, 11) is 0. The number of hydrogen-bond acceptors (Lipinski definition) is 2. The van der Waals surface area contributed by atoms with Crippen molar-refractivity contribution in [2.45, 2.75) is 6.61 Å². The Bertz CT molecular complexity index is 212. The van der Waals surface area contributed by atoms with Gasteiger partial charge in [-0.05, 0) is 0 Å². The molecule has 56 valence electrons. The molecule has 0 aliphatic carbocycles. The zero-order chi connectivity index (χ0) is 7.56. The number of nitrogens with one attached hydrogen (secondary N) is 1. The Morgan fingerprint density at radius 1 is 1.60 bits per heavy atom. The van der Waals surface area contributed by atoms with Crippen molar-refractivity contribution in [1.29, 1.82) is 0 Å². The van der Waals surface area contributed by atoms with Crippen LogP contribution in [0.5, 0.6) is 5.88 Å². The van der Waals surface area contributed by atoms with Crippen LogP contribution in [0.25, 0.3) is 0 Å². The SMILES string of the molecule is Fc1c[nH]nc1OC(F)F. The molecule has 1 aromatic heterocycles. The first kappa shape index (κ1) is 6.91. The van der Waals surface area contributed by atoms with Crippen molar-refractivity contribution in [2.24, 2.45) is 0 Å². The lowest BCUT2D eigenvalue weighted by Gasteiger charge is -1.97. The van der Waals surface area contributed by atoms with Gasteiger partial charge >= 0.3 is 6.61 Å². The van der Waals surface area contributed by atoms with Gasteiger partial charge in [-0.2, -0.15) is 13.2 Å². The van der Waals surface area contributed by atoms with Gasteiger partial charge in [0, 0.05) is 0 Å². The number of nitrogens with zero attached hydrogens (tertiary/aromatic N) is 1. The van der Waals surface area contributed by atoms with Crippen molar-refractivity contribution in [3.8, 4) is 5.88 Å². The van der Waals surface area contributed by atoms with E-state index in [9.17, 15) is 13.2 Å². The molecular formula is C4H3F3N2O. The van der Waals surface area contributed by atoms with Crippen molar-refractivity contribution >= 4 is 0 Å². The number of alkyl halides is 2. The highest BCUT2D eigenvalue weighted by molar-refractivity contribution is 5.07. The highest BCUT2D eigenvalue weighted by atomic mass is 19.3. The van der Waals surface area contributed by atoms with Gasteiger partial charge in [-0.25, -0.2) is 0 Å². The van der Waals surface area contributed by atoms with Crippen molar-refractivity contribution in [3.05, 3.63) is 12.0 Å². The third-order valence-electron chi connectivity index (χ3n) is 0.762. The molecule has 0 fully saturated rings. The molecular weight excluding hydrogens is 149 g/mol. The number of halogens is 3. The molecule has 0 aromatic carbocycles. The van der Waals surface area contributed by atoms with Gasteiger partial charge in [0.2, 0.25) is 5.82 Å². The minimum absolute atomic E-state index is 0.713. The molecule has 0 amide bonds. The van der Waals surface area contributed by atoms with Crippen LogP contribution in [-0.2, 0) is 0 Å². The Hall–Kier alpha value is -1.20. The minimum atomic E-state index is -3.04. The van der Waals surface area contributed by atoms with E-state index in [0.29, 0.717) is 0 Å². The Kier molecular flexibility index (Phi) is 1.79. The van der Waals surface area contributed by atoms with Gasteiger partial charge in [0.1, 0.15) is 0 Å². The summed E-state index contributed by atoms with van der Waals surface area (Å²) in [6, 6.07) is 0. The van der Waals surface area contributed by atoms with E-state index in [0.717, 1.165) is 6.20 Å². The first-order valence-corrected chi connectivity index (χ1v) is 2.34. The molecule has 0 bridgehead atoms. The van der Waals surface area contributed by atoms with Crippen LogP contribution < -0.4 is 4.74 Å². The summed E-state index contributed by atoms with van der Waals surface area (Å²) in [5, 5.41) is 5.07. The predicted octanol–water partition coefficient (Wildman–Crippen LogP) is 1.15. The molecule has 0 spiro atoms. The van der Waals surface area contributed by atoms with Gasteiger partial charge in [-0.3, -0.25) is 5.10 Å². The maximum Gasteiger partial charge on any atom is 0.388 e. The van der Waals surface area contributed by atoms with E-state index in [-0.39, 0.29) is 0 Å². The number of H-pyrrole nitrogens is 1. The van der Waals surface area contributed by atoms with E-state index in [1.165, 1.54) is 0 Å². The molecule has 0 radical (unpaired) electrons. The van der Waals surface area contributed by atoms with Crippen molar-refractivity contribution < 1.29 is 17.9 Å². The lowest BCUT2D eigenvalue weighted by atomic mass is 10.7. The van der Waals surface area contributed by atoms with E-state index in [1.54, 1.807) is 0 Å². The van der Waals surface area contributed by atoms with Crippen LogP contribution in [-0.4, -0.2) is 16.8 Å². The van der Waals surface area contributed by atoms with E-state index in [1.807, 2.05) is 5.10 Å². The maximum atomic E-state index is 12.2. The van der Waals surface area contributed by atoms with Gasteiger partial charge < -0.3 is 4.74 Å². The summed E-state index contributed by atoms with van der Waals surface area (Å²) >= 11 is 0. The number of hydrogen-bond donors (Lipinski definition) is 1. The van der Waals surface area contributed by atoms with Crippen LogP contribution in [0.15, 0.2) is 6.20 Å². The molecule has 10 heavy (non-hydrogen) atoms. The first-order chi connectivity index (χ1) is 4.70. The summed E-state index contributed by atoms with van der Waals surface area (Å²) < 4.78 is 38.5. The molecule has 1 N–H and O–H groups in total. The highest BCUT2D eigenvalue weighted by Crippen LogP contribution is 2.13. The normalized spacial score (nSPS) is 10.4. The second-order valence-corrected chi connectivity index (χ2v) is 1.42. The highest BCUT2D eigenvalue weighted by Gasteiger charge is 2.10. The molecule has 0 aliphatic heterocycles. The van der Waals surface area contributed by atoms with Crippen molar-refractivity contribution in [3.63, 3.8) is 0 Å². The summed E-state index contributed by atoms with van der Waals surface area (Å²) in [5.74, 6) is -1.64. The molecule has 1 aromatic rings. The van der Waals surface area contributed by atoms with Gasteiger partial charge in [-0.1, -0.05) is 0 Å². The van der Waals surface area contributed by atoms with E-state index in [2.05, 4.69) is 9.84 Å². The van der Waals surface area contributed by atoms with Crippen LogP contribution >= 0.6 is 0 Å². The smallest absolute Gasteiger partial charge is 0.388 e. The minimum Gasteiger partial charge on any atom is -0.413 e. The average molecular weight is 152 g/mol. The Morgan fingerprint density at radius 2 is 2.30 bits per heavy atom. The monoisotopic (exact) mass is 152 g/mol. The van der Waals surface area contributed by atoms with Gasteiger partial charge in [0.25, 0.3) is 5.88 Å². The fourth-order valence-electron chi connectivity index (χ4n) is 0.430. The van der Waals surface area contributed by atoms with Crippen molar-refractivity contribution in [1.82, 2.24) is 10.2 Å². The second-order valence-electron chi connectivity index (χ2n) is 1.42. The van der Waals surface area contributed by atoms with Crippen LogP contribution in [0.4, 0.5) is 13.2 Å². The lowest BCUT2D eigenvalue weighted by molar-refractivity contribution is -0.0551. The summed E-state index contributed by atoms with van der Waals surface area (Å²) in [6.45, 7) is -3.04. The molecule has 0 saturated carbocycles. The molecule has 1 heterocycles. The zero-order valence-corrected chi connectivity index (χ0v) is 4.64. The third kappa shape index (κ3) is 1.40. The molecule has 0 unspecified atom stereocenters. The van der Waals surface area contributed by atoms with Gasteiger partial charge in [-0.15, -0.1) is 5.10 Å². The van der Waals surface area contributed by atoms with Gasteiger partial charge in [0.05, 0.1) is 6.20 Å². The largest absolute Gasteiger partial charge is 0.413 e. The van der Waals surface area contributed by atoms with Crippen molar-refractivity contribution in [2.75, 3.05) is 0 Å².